The fourth-order valence-electron chi connectivity index (χ4n) is 1.50. The zero-order chi connectivity index (χ0) is 9.26. The van der Waals surface area contributed by atoms with Crippen LogP contribution in [0.4, 0.5) is 5.69 Å². The molecular formula is C9H11N3O. The quantitative estimate of drug-likeness (QED) is 0.657. The van der Waals surface area contributed by atoms with E-state index in [0.717, 1.165) is 30.6 Å². The Kier molecular flexibility index (Phi) is 1.88. The second-order valence-electron chi connectivity index (χ2n) is 3.12. The minimum absolute atomic E-state index is 0.349. The predicted molar refractivity (Wildman–Crippen MR) is 49.6 cm³/mol. The van der Waals surface area contributed by atoms with Crippen molar-refractivity contribution in [3.8, 4) is 0 Å². The van der Waals surface area contributed by atoms with E-state index in [4.69, 9.17) is 5.73 Å². The molecule has 4 nitrogen and oxygen atoms in total. The minimum atomic E-state index is -0.464. The van der Waals surface area contributed by atoms with Crippen LogP contribution >= 0.6 is 0 Å². The van der Waals surface area contributed by atoms with E-state index in [0.29, 0.717) is 5.69 Å². The van der Waals surface area contributed by atoms with Gasteiger partial charge in [0, 0.05) is 6.54 Å². The molecule has 0 saturated carbocycles. The molecule has 1 amide bonds. The first-order chi connectivity index (χ1) is 6.27. The monoisotopic (exact) mass is 177 g/mol. The molecule has 0 spiro atoms. The van der Waals surface area contributed by atoms with Gasteiger partial charge in [0.1, 0.15) is 5.69 Å². The average Bonchev–Trinajstić information content (AvgIpc) is 2.17. The molecular weight excluding hydrogens is 166 g/mol. The third-order valence-electron chi connectivity index (χ3n) is 2.18. The van der Waals surface area contributed by atoms with E-state index in [1.807, 2.05) is 0 Å². The summed E-state index contributed by atoms with van der Waals surface area (Å²) in [5.41, 5.74) is 7.63. The fraction of sp³-hybridized carbons (Fsp3) is 0.333. The number of pyridine rings is 1. The number of aromatic nitrogens is 1. The van der Waals surface area contributed by atoms with Crippen LogP contribution in [0.15, 0.2) is 12.3 Å². The van der Waals surface area contributed by atoms with Crippen LogP contribution < -0.4 is 11.1 Å². The molecule has 0 aromatic carbocycles. The van der Waals surface area contributed by atoms with Gasteiger partial charge in [-0.3, -0.25) is 4.79 Å². The number of carbonyl (C=O) groups is 1. The zero-order valence-corrected chi connectivity index (χ0v) is 7.21. The lowest BCUT2D eigenvalue weighted by Gasteiger charge is -2.17. The van der Waals surface area contributed by atoms with Crippen molar-refractivity contribution >= 4 is 11.6 Å². The number of amides is 1. The maximum absolute atomic E-state index is 10.8. The maximum Gasteiger partial charge on any atom is 0.267 e. The van der Waals surface area contributed by atoms with Crippen LogP contribution in [-0.4, -0.2) is 17.4 Å². The molecule has 1 aliphatic heterocycles. The number of fused-ring (bicyclic) bond motifs is 1. The third kappa shape index (κ3) is 1.47. The maximum atomic E-state index is 10.8. The molecule has 2 rings (SSSR count). The topological polar surface area (TPSA) is 68.0 Å². The molecule has 0 radical (unpaired) electrons. The summed E-state index contributed by atoms with van der Waals surface area (Å²) in [5.74, 6) is -0.464. The van der Waals surface area contributed by atoms with Crippen LogP contribution in [0.2, 0.25) is 0 Å². The first kappa shape index (κ1) is 8.04. The van der Waals surface area contributed by atoms with Gasteiger partial charge >= 0.3 is 0 Å². The molecule has 2 heterocycles. The highest BCUT2D eigenvalue weighted by Gasteiger charge is 2.11. The number of hydrogen-bond acceptors (Lipinski definition) is 3. The Balaban J connectivity index is 2.40. The summed E-state index contributed by atoms with van der Waals surface area (Å²) < 4.78 is 0. The number of nitrogens with zero attached hydrogens (tertiary/aromatic N) is 1. The molecule has 4 heteroatoms. The van der Waals surface area contributed by atoms with Gasteiger partial charge in [-0.15, -0.1) is 0 Å². The Bertz CT molecular complexity index is 349. The Morgan fingerprint density at radius 1 is 1.62 bits per heavy atom. The minimum Gasteiger partial charge on any atom is -0.384 e. The number of nitrogens with two attached hydrogens (primary N) is 1. The highest BCUT2D eigenvalue weighted by Crippen LogP contribution is 2.20. The van der Waals surface area contributed by atoms with Crippen molar-refractivity contribution in [3.63, 3.8) is 0 Å². The molecule has 0 saturated heterocycles. The summed E-state index contributed by atoms with van der Waals surface area (Å²) in [7, 11) is 0. The number of carbonyl (C=O) groups excluding carboxylic acids is 1. The molecule has 1 aromatic heterocycles. The van der Waals surface area contributed by atoms with Crippen molar-refractivity contribution in [2.45, 2.75) is 12.8 Å². The molecule has 0 bridgehead atoms. The fourth-order valence-corrected chi connectivity index (χ4v) is 1.50. The van der Waals surface area contributed by atoms with Crippen LogP contribution in [0.25, 0.3) is 0 Å². The van der Waals surface area contributed by atoms with Crippen LogP contribution in [0.3, 0.4) is 0 Å². The third-order valence-corrected chi connectivity index (χ3v) is 2.18. The van der Waals surface area contributed by atoms with Crippen molar-refractivity contribution in [1.82, 2.24) is 4.98 Å². The first-order valence-corrected chi connectivity index (χ1v) is 4.30. The molecule has 3 N–H and O–H groups in total. The second-order valence-corrected chi connectivity index (χ2v) is 3.12. The van der Waals surface area contributed by atoms with E-state index in [1.54, 1.807) is 12.3 Å². The van der Waals surface area contributed by atoms with Crippen LogP contribution in [0.1, 0.15) is 22.5 Å². The van der Waals surface area contributed by atoms with Crippen LogP contribution in [-0.2, 0) is 6.42 Å². The second kappa shape index (κ2) is 3.05. The van der Waals surface area contributed by atoms with Gasteiger partial charge in [0.15, 0.2) is 0 Å². The van der Waals surface area contributed by atoms with Gasteiger partial charge in [0.25, 0.3) is 5.91 Å². The first-order valence-electron chi connectivity index (χ1n) is 4.30. The summed E-state index contributed by atoms with van der Waals surface area (Å²) in [4.78, 5) is 14.8. The average molecular weight is 177 g/mol. The van der Waals surface area contributed by atoms with Crippen LogP contribution in [0.5, 0.6) is 0 Å². The van der Waals surface area contributed by atoms with E-state index in [-0.39, 0.29) is 0 Å². The van der Waals surface area contributed by atoms with E-state index in [1.165, 1.54) is 0 Å². The van der Waals surface area contributed by atoms with Crippen molar-refractivity contribution < 1.29 is 4.79 Å². The number of rotatable bonds is 1. The summed E-state index contributed by atoms with van der Waals surface area (Å²) >= 11 is 0. The number of aryl methyl sites for hydroxylation is 1. The van der Waals surface area contributed by atoms with Gasteiger partial charge < -0.3 is 11.1 Å². The lowest BCUT2D eigenvalue weighted by molar-refractivity contribution is 0.0995. The van der Waals surface area contributed by atoms with Crippen LogP contribution in [0, 0.1) is 0 Å². The number of anilines is 1. The van der Waals surface area contributed by atoms with Crippen molar-refractivity contribution in [1.29, 1.82) is 0 Å². The molecule has 0 atom stereocenters. The predicted octanol–water partition coefficient (Wildman–Crippen LogP) is 0.539. The molecule has 1 aromatic rings. The number of hydrogen-bond donors (Lipinski definition) is 2. The van der Waals surface area contributed by atoms with Gasteiger partial charge in [-0.05, 0) is 24.5 Å². The Morgan fingerprint density at radius 3 is 3.23 bits per heavy atom. The molecule has 0 unspecified atom stereocenters. The summed E-state index contributed by atoms with van der Waals surface area (Å²) in [6.45, 7) is 0.977. The molecule has 13 heavy (non-hydrogen) atoms. The molecule has 0 fully saturated rings. The Hall–Kier alpha value is -1.58. The Labute approximate surface area is 76.2 Å². The van der Waals surface area contributed by atoms with Gasteiger partial charge in [-0.1, -0.05) is 0 Å². The lowest BCUT2D eigenvalue weighted by atomic mass is 10.0. The molecule has 68 valence electrons. The lowest BCUT2D eigenvalue weighted by Crippen LogP contribution is -2.17. The zero-order valence-electron chi connectivity index (χ0n) is 7.21. The van der Waals surface area contributed by atoms with Crippen molar-refractivity contribution in [2.75, 3.05) is 11.9 Å². The highest BCUT2D eigenvalue weighted by atomic mass is 16.1. The Morgan fingerprint density at radius 2 is 2.46 bits per heavy atom. The van der Waals surface area contributed by atoms with Crippen molar-refractivity contribution in [2.24, 2.45) is 5.73 Å². The summed E-state index contributed by atoms with van der Waals surface area (Å²) in [6.07, 6.45) is 3.76. The standard InChI is InChI=1S/C9H11N3O/c10-9(13)7-4-6-2-1-3-11-8(6)5-12-7/h4-5,11H,1-3H2,(H2,10,13). The summed E-state index contributed by atoms with van der Waals surface area (Å²) in [5, 5.41) is 3.21. The van der Waals surface area contributed by atoms with E-state index < -0.39 is 5.91 Å². The van der Waals surface area contributed by atoms with Gasteiger partial charge in [0.05, 0.1) is 11.9 Å². The number of primary amides is 1. The van der Waals surface area contributed by atoms with Gasteiger partial charge in [-0.2, -0.15) is 0 Å². The van der Waals surface area contributed by atoms with E-state index in [2.05, 4.69) is 10.3 Å². The highest BCUT2D eigenvalue weighted by molar-refractivity contribution is 5.91. The smallest absolute Gasteiger partial charge is 0.267 e. The molecule has 0 aliphatic carbocycles. The summed E-state index contributed by atoms with van der Waals surface area (Å²) in [6, 6.07) is 1.77. The van der Waals surface area contributed by atoms with Gasteiger partial charge in [-0.25, -0.2) is 4.98 Å². The molecule has 1 aliphatic rings. The number of nitrogens with one attached hydrogen (secondary N) is 1. The van der Waals surface area contributed by atoms with Gasteiger partial charge in [0.2, 0.25) is 0 Å². The largest absolute Gasteiger partial charge is 0.384 e. The SMILES string of the molecule is NC(=O)c1cc2c(cn1)NCCC2. The van der Waals surface area contributed by atoms with E-state index >= 15 is 0 Å². The van der Waals surface area contributed by atoms with Crippen molar-refractivity contribution in [3.05, 3.63) is 23.5 Å². The van der Waals surface area contributed by atoms with E-state index in [9.17, 15) is 4.79 Å². The normalized spacial score (nSPS) is 14.5.